The minimum atomic E-state index is -0.221. The molecule has 0 atom stereocenters. The molecule has 1 aromatic heterocycles. The number of aliphatic hydroxyl groups is 1. The van der Waals surface area contributed by atoms with Crippen LogP contribution in [0.3, 0.4) is 0 Å². The number of aromatic nitrogens is 1. The van der Waals surface area contributed by atoms with Crippen molar-refractivity contribution in [1.29, 1.82) is 0 Å². The van der Waals surface area contributed by atoms with E-state index in [1.165, 1.54) is 0 Å². The quantitative estimate of drug-likeness (QED) is 0.642. The lowest BCUT2D eigenvalue weighted by atomic mass is 10.0. The highest BCUT2D eigenvalue weighted by molar-refractivity contribution is 9.10. The van der Waals surface area contributed by atoms with Crippen LogP contribution in [-0.2, 0) is 6.61 Å². The second-order valence-corrected chi connectivity index (χ2v) is 6.33. The maximum atomic E-state index is 9.92. The molecule has 0 aliphatic heterocycles. The van der Waals surface area contributed by atoms with Gasteiger partial charge in [-0.05, 0) is 24.3 Å². The Bertz CT molecular complexity index is 880. The molecule has 0 aliphatic rings. The van der Waals surface area contributed by atoms with Crippen molar-refractivity contribution in [2.45, 2.75) is 6.61 Å². The highest BCUT2D eigenvalue weighted by Gasteiger charge is 2.22. The Balaban J connectivity index is 2.14. The van der Waals surface area contributed by atoms with Crippen LogP contribution in [0.2, 0.25) is 0 Å². The highest BCUT2D eigenvalue weighted by Crippen LogP contribution is 2.42. The van der Waals surface area contributed by atoms with Gasteiger partial charge in [0.2, 0.25) is 5.75 Å². The standard InChI is InChI=1S/C19H18BrNO5/c1-23-15-8-12(9-16(24-2)19(15)25-3)17-14(10-22)18(26-21-17)11-4-6-13(20)7-5-11/h4-9,22H,10H2,1-3H3. The van der Waals surface area contributed by atoms with E-state index < -0.39 is 0 Å². The molecule has 136 valence electrons. The van der Waals surface area contributed by atoms with Crippen LogP contribution in [0.5, 0.6) is 17.2 Å². The number of rotatable bonds is 6. The van der Waals surface area contributed by atoms with Gasteiger partial charge < -0.3 is 23.8 Å². The van der Waals surface area contributed by atoms with E-state index in [0.29, 0.717) is 39.8 Å². The van der Waals surface area contributed by atoms with Crippen LogP contribution in [0, 0.1) is 0 Å². The van der Waals surface area contributed by atoms with Crippen molar-refractivity contribution >= 4 is 15.9 Å². The van der Waals surface area contributed by atoms with E-state index in [2.05, 4.69) is 21.1 Å². The van der Waals surface area contributed by atoms with Crippen molar-refractivity contribution < 1.29 is 23.8 Å². The molecule has 7 heteroatoms. The molecule has 0 radical (unpaired) electrons. The van der Waals surface area contributed by atoms with Gasteiger partial charge in [0.15, 0.2) is 17.3 Å². The molecule has 0 saturated heterocycles. The van der Waals surface area contributed by atoms with Crippen molar-refractivity contribution in [2.24, 2.45) is 0 Å². The summed E-state index contributed by atoms with van der Waals surface area (Å²) in [7, 11) is 4.63. The number of methoxy groups -OCH3 is 3. The predicted octanol–water partition coefficient (Wildman–Crippen LogP) is 4.29. The van der Waals surface area contributed by atoms with Gasteiger partial charge in [0.1, 0.15) is 5.69 Å². The molecule has 1 N–H and O–H groups in total. The Kier molecular flexibility index (Phi) is 5.49. The number of benzene rings is 2. The summed E-state index contributed by atoms with van der Waals surface area (Å²) in [6.07, 6.45) is 0. The first-order chi connectivity index (χ1) is 12.6. The fraction of sp³-hybridized carbons (Fsp3) is 0.211. The first-order valence-electron chi connectivity index (χ1n) is 7.78. The zero-order valence-corrected chi connectivity index (χ0v) is 16.2. The van der Waals surface area contributed by atoms with E-state index in [1.54, 1.807) is 33.5 Å². The summed E-state index contributed by atoms with van der Waals surface area (Å²) in [6.45, 7) is -0.221. The van der Waals surface area contributed by atoms with Crippen molar-refractivity contribution in [3.05, 3.63) is 46.4 Å². The van der Waals surface area contributed by atoms with Crippen molar-refractivity contribution in [3.63, 3.8) is 0 Å². The molecular formula is C19H18BrNO5. The third kappa shape index (κ3) is 3.27. The van der Waals surface area contributed by atoms with Crippen molar-refractivity contribution in [2.75, 3.05) is 21.3 Å². The van der Waals surface area contributed by atoms with E-state index in [1.807, 2.05) is 24.3 Å². The van der Waals surface area contributed by atoms with Crippen LogP contribution in [0.15, 0.2) is 45.4 Å². The zero-order chi connectivity index (χ0) is 18.7. The van der Waals surface area contributed by atoms with E-state index in [-0.39, 0.29) is 6.61 Å². The van der Waals surface area contributed by atoms with Crippen molar-refractivity contribution in [1.82, 2.24) is 5.16 Å². The lowest BCUT2D eigenvalue weighted by Gasteiger charge is -2.13. The van der Waals surface area contributed by atoms with Gasteiger partial charge in [-0.1, -0.05) is 33.2 Å². The number of hydrogen-bond acceptors (Lipinski definition) is 6. The second-order valence-electron chi connectivity index (χ2n) is 5.42. The molecule has 26 heavy (non-hydrogen) atoms. The van der Waals surface area contributed by atoms with E-state index in [9.17, 15) is 5.11 Å². The van der Waals surface area contributed by atoms with Crippen LogP contribution in [0.4, 0.5) is 0 Å². The van der Waals surface area contributed by atoms with Gasteiger partial charge in [0, 0.05) is 15.6 Å². The van der Waals surface area contributed by atoms with E-state index in [4.69, 9.17) is 18.7 Å². The van der Waals surface area contributed by atoms with Gasteiger partial charge in [0.05, 0.1) is 33.5 Å². The van der Waals surface area contributed by atoms with Crippen LogP contribution in [0.25, 0.3) is 22.6 Å². The molecule has 3 rings (SSSR count). The number of hydrogen-bond donors (Lipinski definition) is 1. The first kappa shape index (κ1) is 18.3. The van der Waals surface area contributed by atoms with Gasteiger partial charge in [-0.2, -0.15) is 0 Å². The molecule has 0 amide bonds. The van der Waals surface area contributed by atoms with Gasteiger partial charge in [0.25, 0.3) is 0 Å². The molecule has 0 bridgehead atoms. The Morgan fingerprint density at radius 2 is 1.58 bits per heavy atom. The topological polar surface area (TPSA) is 74.0 Å². The Morgan fingerprint density at radius 1 is 0.962 bits per heavy atom. The minimum absolute atomic E-state index is 0.221. The first-order valence-corrected chi connectivity index (χ1v) is 8.58. The SMILES string of the molecule is COc1cc(-c2noc(-c3ccc(Br)cc3)c2CO)cc(OC)c1OC. The lowest BCUT2D eigenvalue weighted by molar-refractivity contribution is 0.281. The largest absolute Gasteiger partial charge is 0.493 e. The molecule has 2 aromatic carbocycles. The minimum Gasteiger partial charge on any atom is -0.493 e. The second kappa shape index (κ2) is 7.80. The fourth-order valence-corrected chi connectivity index (χ4v) is 2.99. The van der Waals surface area contributed by atoms with Gasteiger partial charge >= 0.3 is 0 Å². The van der Waals surface area contributed by atoms with Crippen LogP contribution in [-0.4, -0.2) is 31.6 Å². The summed E-state index contributed by atoms with van der Waals surface area (Å²) in [5, 5.41) is 14.1. The third-order valence-electron chi connectivity index (χ3n) is 3.99. The summed E-state index contributed by atoms with van der Waals surface area (Å²) >= 11 is 3.41. The maximum Gasteiger partial charge on any atom is 0.203 e. The molecule has 0 aliphatic carbocycles. The summed E-state index contributed by atoms with van der Waals surface area (Å²) in [4.78, 5) is 0. The molecule has 0 unspecified atom stereocenters. The molecule has 1 heterocycles. The number of aliphatic hydroxyl groups excluding tert-OH is 1. The fourth-order valence-electron chi connectivity index (χ4n) is 2.73. The van der Waals surface area contributed by atoms with E-state index >= 15 is 0 Å². The van der Waals surface area contributed by atoms with Crippen molar-refractivity contribution in [3.8, 4) is 39.8 Å². The third-order valence-corrected chi connectivity index (χ3v) is 4.52. The van der Waals surface area contributed by atoms with Crippen LogP contribution in [0.1, 0.15) is 5.56 Å². The normalized spacial score (nSPS) is 10.7. The highest BCUT2D eigenvalue weighted by atomic mass is 79.9. The van der Waals surface area contributed by atoms with E-state index in [0.717, 1.165) is 10.0 Å². The molecule has 0 spiro atoms. The molecule has 6 nitrogen and oxygen atoms in total. The number of ether oxygens (including phenoxy) is 3. The average Bonchev–Trinajstić information content (AvgIpc) is 3.11. The van der Waals surface area contributed by atoms with Gasteiger partial charge in [-0.25, -0.2) is 0 Å². The Labute approximate surface area is 159 Å². The zero-order valence-electron chi connectivity index (χ0n) is 14.6. The summed E-state index contributed by atoms with van der Waals surface area (Å²) < 4.78 is 22.6. The summed E-state index contributed by atoms with van der Waals surface area (Å²) in [5.74, 6) is 2.00. The smallest absolute Gasteiger partial charge is 0.203 e. The Morgan fingerprint density at radius 3 is 2.08 bits per heavy atom. The summed E-state index contributed by atoms with van der Waals surface area (Å²) in [5.41, 5.74) is 2.62. The molecular weight excluding hydrogens is 402 g/mol. The molecule has 0 fully saturated rings. The monoisotopic (exact) mass is 419 g/mol. The molecule has 3 aromatic rings. The average molecular weight is 420 g/mol. The number of halogens is 1. The maximum absolute atomic E-state index is 9.92. The Hall–Kier alpha value is -2.51. The van der Waals surface area contributed by atoms with Crippen LogP contribution >= 0.6 is 15.9 Å². The van der Waals surface area contributed by atoms with Crippen LogP contribution < -0.4 is 14.2 Å². The summed E-state index contributed by atoms with van der Waals surface area (Å²) in [6, 6.07) is 11.1. The van der Waals surface area contributed by atoms with Gasteiger partial charge in [-0.15, -0.1) is 0 Å². The molecule has 0 saturated carbocycles. The lowest BCUT2D eigenvalue weighted by Crippen LogP contribution is -1.97. The number of nitrogens with zero attached hydrogens (tertiary/aromatic N) is 1. The predicted molar refractivity (Wildman–Crippen MR) is 101 cm³/mol. The van der Waals surface area contributed by atoms with Gasteiger partial charge in [-0.3, -0.25) is 0 Å².